The molecule has 1 amide bonds. The van der Waals surface area contributed by atoms with E-state index in [9.17, 15) is 9.59 Å². The van der Waals surface area contributed by atoms with Crippen molar-refractivity contribution < 1.29 is 9.53 Å². The number of rotatable bonds is 3. The molecule has 0 aliphatic carbocycles. The number of amides is 1. The van der Waals surface area contributed by atoms with Crippen LogP contribution < -0.4 is 5.69 Å². The molecule has 6 heteroatoms. The Bertz CT molecular complexity index is 777. The molecule has 1 fully saturated rings. The van der Waals surface area contributed by atoms with Crippen molar-refractivity contribution in [3.8, 4) is 0 Å². The van der Waals surface area contributed by atoms with E-state index in [1.165, 1.54) is 0 Å². The van der Waals surface area contributed by atoms with Gasteiger partial charge in [-0.05, 0) is 26.0 Å². The highest BCUT2D eigenvalue weighted by molar-refractivity contribution is 5.78. The Morgan fingerprint density at radius 2 is 1.96 bits per heavy atom. The molecule has 0 bridgehead atoms. The minimum absolute atomic E-state index is 0.0652. The SMILES string of the molecule is C[C@H]1CN(C(=O)CCn2c(=O)n(C)c3ccccc32)[C@@H](C)CO1. The maximum Gasteiger partial charge on any atom is 0.328 e. The van der Waals surface area contributed by atoms with E-state index in [1.807, 2.05) is 43.0 Å². The third-order valence-corrected chi connectivity index (χ3v) is 4.53. The molecule has 2 heterocycles. The molecule has 6 nitrogen and oxygen atoms in total. The van der Waals surface area contributed by atoms with Crippen LogP contribution in [0.5, 0.6) is 0 Å². The molecule has 1 aliphatic rings. The van der Waals surface area contributed by atoms with Gasteiger partial charge in [-0.25, -0.2) is 4.79 Å². The second-order valence-electron chi connectivity index (χ2n) is 6.27. The Hall–Kier alpha value is -2.08. The van der Waals surface area contributed by atoms with Gasteiger partial charge in [-0.2, -0.15) is 0 Å². The van der Waals surface area contributed by atoms with E-state index in [4.69, 9.17) is 4.74 Å². The Morgan fingerprint density at radius 1 is 1.26 bits per heavy atom. The van der Waals surface area contributed by atoms with Crippen LogP contribution in [0, 0.1) is 0 Å². The summed E-state index contributed by atoms with van der Waals surface area (Å²) in [6, 6.07) is 7.74. The van der Waals surface area contributed by atoms with Gasteiger partial charge in [0, 0.05) is 26.6 Å². The molecule has 1 aliphatic heterocycles. The van der Waals surface area contributed by atoms with Crippen LogP contribution in [0.15, 0.2) is 29.1 Å². The summed E-state index contributed by atoms with van der Waals surface area (Å²) in [5.41, 5.74) is 1.68. The largest absolute Gasteiger partial charge is 0.375 e. The summed E-state index contributed by atoms with van der Waals surface area (Å²) >= 11 is 0. The number of imidazole rings is 1. The van der Waals surface area contributed by atoms with E-state index in [2.05, 4.69) is 0 Å². The van der Waals surface area contributed by atoms with Crippen LogP contribution in [-0.4, -0.2) is 45.2 Å². The van der Waals surface area contributed by atoms with Gasteiger partial charge in [0.15, 0.2) is 0 Å². The fraction of sp³-hybridized carbons (Fsp3) is 0.529. The second kappa shape index (κ2) is 6.20. The van der Waals surface area contributed by atoms with Crippen LogP contribution in [0.4, 0.5) is 0 Å². The van der Waals surface area contributed by atoms with Gasteiger partial charge < -0.3 is 9.64 Å². The topological polar surface area (TPSA) is 56.5 Å². The molecule has 23 heavy (non-hydrogen) atoms. The van der Waals surface area contributed by atoms with E-state index in [0.29, 0.717) is 26.1 Å². The molecule has 1 saturated heterocycles. The zero-order valence-corrected chi connectivity index (χ0v) is 13.9. The number of hydrogen-bond acceptors (Lipinski definition) is 3. The quantitative estimate of drug-likeness (QED) is 0.859. The van der Waals surface area contributed by atoms with Crippen molar-refractivity contribution in [1.29, 1.82) is 0 Å². The van der Waals surface area contributed by atoms with E-state index in [0.717, 1.165) is 11.0 Å². The van der Waals surface area contributed by atoms with Crippen molar-refractivity contribution in [3.63, 3.8) is 0 Å². The van der Waals surface area contributed by atoms with E-state index >= 15 is 0 Å². The molecule has 2 aromatic rings. The Labute approximate surface area is 135 Å². The number of aryl methyl sites for hydroxylation is 2. The lowest BCUT2D eigenvalue weighted by atomic mass is 10.2. The first-order valence-corrected chi connectivity index (χ1v) is 8.04. The van der Waals surface area contributed by atoms with Crippen LogP contribution >= 0.6 is 0 Å². The van der Waals surface area contributed by atoms with E-state index in [-0.39, 0.29) is 23.7 Å². The predicted molar refractivity (Wildman–Crippen MR) is 88.4 cm³/mol. The molecule has 0 N–H and O–H groups in total. The van der Waals surface area contributed by atoms with Gasteiger partial charge >= 0.3 is 5.69 Å². The van der Waals surface area contributed by atoms with E-state index < -0.39 is 0 Å². The first-order valence-electron chi connectivity index (χ1n) is 8.04. The molecular formula is C17H23N3O3. The fourth-order valence-corrected chi connectivity index (χ4v) is 3.18. The number of benzene rings is 1. The zero-order valence-electron chi connectivity index (χ0n) is 13.9. The van der Waals surface area contributed by atoms with Crippen LogP contribution in [0.2, 0.25) is 0 Å². The van der Waals surface area contributed by atoms with Crippen molar-refractivity contribution in [2.24, 2.45) is 7.05 Å². The van der Waals surface area contributed by atoms with Gasteiger partial charge in [0.05, 0.1) is 29.8 Å². The number of morpholine rings is 1. The normalized spacial score (nSPS) is 21.8. The number of hydrogen-bond donors (Lipinski definition) is 0. The minimum Gasteiger partial charge on any atom is -0.375 e. The first kappa shape index (κ1) is 15.8. The molecule has 0 saturated carbocycles. The Kier molecular flexibility index (Phi) is 4.26. The van der Waals surface area contributed by atoms with Crippen LogP contribution in [0.25, 0.3) is 11.0 Å². The number of fused-ring (bicyclic) bond motifs is 1. The number of nitrogens with zero attached hydrogens (tertiary/aromatic N) is 3. The standard InChI is InChI=1S/C17H23N3O3/c1-12-11-23-13(2)10-20(12)16(21)8-9-19-15-7-5-4-6-14(15)18(3)17(19)22/h4-7,12-13H,8-11H2,1-3H3/t12-,13-/m0/s1. The number of para-hydroxylation sites is 2. The molecule has 1 aromatic carbocycles. The van der Waals surface area contributed by atoms with Gasteiger partial charge in [-0.15, -0.1) is 0 Å². The highest BCUT2D eigenvalue weighted by atomic mass is 16.5. The molecule has 0 spiro atoms. The highest BCUT2D eigenvalue weighted by Crippen LogP contribution is 2.15. The van der Waals surface area contributed by atoms with Gasteiger partial charge in [0.25, 0.3) is 0 Å². The smallest absolute Gasteiger partial charge is 0.328 e. The summed E-state index contributed by atoms with van der Waals surface area (Å²) in [4.78, 5) is 26.8. The average Bonchev–Trinajstić information content (AvgIpc) is 2.79. The molecule has 1 aromatic heterocycles. The lowest BCUT2D eigenvalue weighted by Crippen LogP contribution is -2.50. The molecule has 124 valence electrons. The van der Waals surface area contributed by atoms with Gasteiger partial charge in [0.1, 0.15) is 0 Å². The van der Waals surface area contributed by atoms with Gasteiger partial charge in [-0.3, -0.25) is 13.9 Å². The predicted octanol–water partition coefficient (Wildman–Crippen LogP) is 1.37. The Balaban J connectivity index is 1.77. The Morgan fingerprint density at radius 3 is 2.70 bits per heavy atom. The number of carbonyl (C=O) groups excluding carboxylic acids is 1. The van der Waals surface area contributed by atoms with Crippen LogP contribution in [0.3, 0.4) is 0 Å². The van der Waals surface area contributed by atoms with E-state index in [1.54, 1.807) is 16.2 Å². The fourth-order valence-electron chi connectivity index (χ4n) is 3.18. The summed E-state index contributed by atoms with van der Waals surface area (Å²) in [5, 5.41) is 0. The van der Waals surface area contributed by atoms with Crippen molar-refractivity contribution in [2.45, 2.75) is 39.0 Å². The summed E-state index contributed by atoms with van der Waals surface area (Å²) in [5.74, 6) is 0.0764. The average molecular weight is 317 g/mol. The minimum atomic E-state index is -0.0811. The molecule has 0 unspecified atom stereocenters. The van der Waals surface area contributed by atoms with Gasteiger partial charge in [-0.1, -0.05) is 12.1 Å². The second-order valence-corrected chi connectivity index (χ2v) is 6.27. The summed E-state index contributed by atoms with van der Waals surface area (Å²) < 4.78 is 8.87. The monoisotopic (exact) mass is 317 g/mol. The molecule has 0 radical (unpaired) electrons. The number of carbonyl (C=O) groups is 1. The number of aromatic nitrogens is 2. The highest BCUT2D eigenvalue weighted by Gasteiger charge is 2.27. The molecule has 3 rings (SSSR count). The lowest BCUT2D eigenvalue weighted by molar-refractivity contribution is -0.143. The summed E-state index contributed by atoms with van der Waals surface area (Å²) in [7, 11) is 1.76. The van der Waals surface area contributed by atoms with Crippen molar-refractivity contribution in [3.05, 3.63) is 34.7 Å². The van der Waals surface area contributed by atoms with Crippen LogP contribution in [-0.2, 0) is 23.1 Å². The maximum atomic E-state index is 12.5. The van der Waals surface area contributed by atoms with Gasteiger partial charge in [0.2, 0.25) is 5.91 Å². The lowest BCUT2D eigenvalue weighted by Gasteiger charge is -2.36. The zero-order chi connectivity index (χ0) is 16.6. The summed E-state index contributed by atoms with van der Waals surface area (Å²) in [6.45, 7) is 5.55. The van der Waals surface area contributed by atoms with Crippen molar-refractivity contribution >= 4 is 16.9 Å². The van der Waals surface area contributed by atoms with Crippen molar-refractivity contribution in [1.82, 2.24) is 14.0 Å². The number of ether oxygens (including phenoxy) is 1. The first-order chi connectivity index (χ1) is 11.0. The maximum absolute atomic E-state index is 12.5. The summed E-state index contributed by atoms with van der Waals surface area (Å²) in [6.07, 6.45) is 0.390. The third-order valence-electron chi connectivity index (χ3n) is 4.53. The molecular weight excluding hydrogens is 294 g/mol. The third kappa shape index (κ3) is 2.91. The van der Waals surface area contributed by atoms with Crippen molar-refractivity contribution in [2.75, 3.05) is 13.2 Å². The molecule has 2 atom stereocenters. The van der Waals surface area contributed by atoms with Crippen LogP contribution in [0.1, 0.15) is 20.3 Å².